The zero-order valence-electron chi connectivity index (χ0n) is 10.2. The summed E-state index contributed by atoms with van der Waals surface area (Å²) >= 11 is 0. The maximum atomic E-state index is 12.2. The van der Waals surface area contributed by atoms with Crippen LogP contribution in [-0.4, -0.2) is 14.0 Å². The van der Waals surface area contributed by atoms with Crippen molar-refractivity contribution < 1.29 is 8.42 Å². The minimum Gasteiger partial charge on any atom is -0.399 e. The van der Waals surface area contributed by atoms with Gasteiger partial charge in [0.15, 0.2) is 0 Å². The summed E-state index contributed by atoms with van der Waals surface area (Å²) < 4.78 is 27.2. The van der Waals surface area contributed by atoms with Crippen LogP contribution in [0.5, 0.6) is 0 Å². The van der Waals surface area contributed by atoms with Crippen LogP contribution in [0.1, 0.15) is 31.7 Å². The van der Waals surface area contributed by atoms with Crippen LogP contribution >= 0.6 is 0 Å². The van der Waals surface area contributed by atoms with Crippen molar-refractivity contribution in [3.8, 4) is 0 Å². The fourth-order valence-corrected chi connectivity index (χ4v) is 3.86. The van der Waals surface area contributed by atoms with Crippen molar-refractivity contribution in [1.82, 2.24) is 4.72 Å². The molecule has 1 aromatic rings. The van der Waals surface area contributed by atoms with Crippen LogP contribution in [0.4, 0.5) is 5.69 Å². The summed E-state index contributed by atoms with van der Waals surface area (Å²) in [5.74, 6) is 0. The molecule has 3 N–H and O–H groups in total. The Kier molecular flexibility index (Phi) is 2.91. The quantitative estimate of drug-likeness (QED) is 0.808. The number of rotatable bonds is 3. The van der Waals surface area contributed by atoms with E-state index in [2.05, 4.69) is 4.72 Å². The van der Waals surface area contributed by atoms with Crippen LogP contribution in [0.25, 0.3) is 0 Å². The van der Waals surface area contributed by atoms with Gasteiger partial charge in [0.25, 0.3) is 0 Å². The van der Waals surface area contributed by atoms with Crippen LogP contribution in [0, 0.1) is 6.92 Å². The molecule has 2 rings (SSSR count). The molecular weight excluding hydrogens is 236 g/mol. The summed E-state index contributed by atoms with van der Waals surface area (Å²) in [7, 11) is -3.43. The summed E-state index contributed by atoms with van der Waals surface area (Å²) in [6, 6.07) is 4.86. The Morgan fingerprint density at radius 1 is 1.35 bits per heavy atom. The third-order valence-electron chi connectivity index (χ3n) is 3.33. The number of aryl methyl sites for hydroxylation is 1. The molecule has 0 radical (unpaired) electrons. The lowest BCUT2D eigenvalue weighted by molar-refractivity contribution is 0.248. The number of nitrogen functional groups attached to an aromatic ring is 1. The van der Waals surface area contributed by atoms with Gasteiger partial charge in [-0.05, 0) is 56.9 Å². The van der Waals surface area contributed by atoms with Gasteiger partial charge in [0.05, 0.1) is 4.90 Å². The Morgan fingerprint density at radius 2 is 2.00 bits per heavy atom. The van der Waals surface area contributed by atoms with Gasteiger partial charge in [-0.2, -0.15) is 0 Å². The number of hydrogen-bond donors (Lipinski definition) is 2. The average Bonchev–Trinajstić information content (AvgIpc) is 2.13. The van der Waals surface area contributed by atoms with Gasteiger partial charge in [-0.3, -0.25) is 0 Å². The SMILES string of the molecule is Cc1cc(N)ccc1S(=O)(=O)NC1(C)CCC1. The second kappa shape index (κ2) is 3.99. The van der Waals surface area contributed by atoms with Crippen LogP contribution < -0.4 is 10.5 Å². The zero-order chi connectivity index (χ0) is 12.7. The molecule has 0 spiro atoms. The van der Waals surface area contributed by atoms with Crippen molar-refractivity contribution in [2.24, 2.45) is 0 Å². The molecule has 1 aliphatic carbocycles. The lowest BCUT2D eigenvalue weighted by Gasteiger charge is -2.38. The van der Waals surface area contributed by atoms with Crippen LogP contribution in [0.2, 0.25) is 0 Å². The molecule has 17 heavy (non-hydrogen) atoms. The first kappa shape index (κ1) is 12.4. The zero-order valence-corrected chi connectivity index (χ0v) is 11.0. The maximum absolute atomic E-state index is 12.2. The molecule has 0 atom stereocenters. The molecule has 1 aliphatic rings. The minimum atomic E-state index is -3.43. The highest BCUT2D eigenvalue weighted by Gasteiger charge is 2.36. The van der Waals surface area contributed by atoms with E-state index >= 15 is 0 Å². The van der Waals surface area contributed by atoms with E-state index in [0.29, 0.717) is 16.1 Å². The summed E-state index contributed by atoms with van der Waals surface area (Å²) in [5.41, 5.74) is 6.61. The fraction of sp³-hybridized carbons (Fsp3) is 0.500. The predicted octanol–water partition coefficient (Wildman–Crippen LogP) is 1.80. The third-order valence-corrected chi connectivity index (χ3v) is 5.12. The third kappa shape index (κ3) is 2.45. The summed E-state index contributed by atoms with van der Waals surface area (Å²) in [4.78, 5) is 0.319. The lowest BCUT2D eigenvalue weighted by Crippen LogP contribution is -2.50. The van der Waals surface area contributed by atoms with Crippen molar-refractivity contribution in [3.63, 3.8) is 0 Å². The highest BCUT2D eigenvalue weighted by atomic mass is 32.2. The first-order chi connectivity index (χ1) is 7.82. The number of nitrogens with two attached hydrogens (primary N) is 1. The van der Waals surface area contributed by atoms with E-state index in [1.54, 1.807) is 25.1 Å². The largest absolute Gasteiger partial charge is 0.399 e. The molecule has 0 amide bonds. The van der Waals surface area contributed by atoms with Crippen molar-refractivity contribution in [3.05, 3.63) is 23.8 Å². The first-order valence-corrected chi connectivity index (χ1v) is 7.21. The normalized spacial score (nSPS) is 18.7. The average molecular weight is 254 g/mol. The second-order valence-electron chi connectivity index (χ2n) is 5.04. The molecule has 1 aromatic carbocycles. The van der Waals surface area contributed by atoms with E-state index in [0.717, 1.165) is 19.3 Å². The number of hydrogen-bond acceptors (Lipinski definition) is 3. The van der Waals surface area contributed by atoms with E-state index in [1.165, 1.54) is 0 Å². The summed E-state index contributed by atoms with van der Waals surface area (Å²) in [6.07, 6.45) is 2.89. The second-order valence-corrected chi connectivity index (χ2v) is 6.70. The molecule has 0 aromatic heterocycles. The Morgan fingerprint density at radius 3 is 2.47 bits per heavy atom. The molecule has 0 bridgehead atoms. The summed E-state index contributed by atoms with van der Waals surface area (Å²) in [6.45, 7) is 3.70. The van der Waals surface area contributed by atoms with Gasteiger partial charge in [0.1, 0.15) is 0 Å². The topological polar surface area (TPSA) is 72.2 Å². The molecule has 0 unspecified atom stereocenters. The molecular formula is C12H18N2O2S. The van der Waals surface area contributed by atoms with Crippen LogP contribution in [0.15, 0.2) is 23.1 Å². The number of nitrogens with one attached hydrogen (secondary N) is 1. The number of sulfonamides is 1. The molecule has 4 nitrogen and oxygen atoms in total. The monoisotopic (exact) mass is 254 g/mol. The van der Waals surface area contributed by atoms with Crippen LogP contribution in [0.3, 0.4) is 0 Å². The van der Waals surface area contributed by atoms with Crippen molar-refractivity contribution >= 4 is 15.7 Å². The lowest BCUT2D eigenvalue weighted by atomic mass is 9.80. The van der Waals surface area contributed by atoms with E-state index in [9.17, 15) is 8.42 Å². The highest BCUT2D eigenvalue weighted by Crippen LogP contribution is 2.33. The Hall–Kier alpha value is -1.07. The molecule has 0 aliphatic heterocycles. The van der Waals surface area contributed by atoms with Gasteiger partial charge in [0, 0.05) is 11.2 Å². The predicted molar refractivity (Wildman–Crippen MR) is 68.2 cm³/mol. The molecule has 0 saturated heterocycles. The van der Waals surface area contributed by atoms with Gasteiger partial charge in [-0.1, -0.05) is 0 Å². The van der Waals surface area contributed by atoms with Gasteiger partial charge in [0.2, 0.25) is 10.0 Å². The molecule has 94 valence electrons. The minimum absolute atomic E-state index is 0.271. The molecule has 1 saturated carbocycles. The molecule has 1 fully saturated rings. The van der Waals surface area contributed by atoms with E-state index in [1.807, 2.05) is 6.92 Å². The Labute approximate surface area is 102 Å². The van der Waals surface area contributed by atoms with Crippen LogP contribution in [-0.2, 0) is 10.0 Å². The van der Waals surface area contributed by atoms with Crippen molar-refractivity contribution in [1.29, 1.82) is 0 Å². The fourth-order valence-electron chi connectivity index (χ4n) is 2.16. The van der Waals surface area contributed by atoms with E-state index < -0.39 is 10.0 Å². The van der Waals surface area contributed by atoms with Gasteiger partial charge >= 0.3 is 0 Å². The number of anilines is 1. The molecule has 0 heterocycles. The van der Waals surface area contributed by atoms with E-state index in [4.69, 9.17) is 5.73 Å². The smallest absolute Gasteiger partial charge is 0.241 e. The number of benzene rings is 1. The van der Waals surface area contributed by atoms with Crippen molar-refractivity contribution in [2.75, 3.05) is 5.73 Å². The van der Waals surface area contributed by atoms with E-state index in [-0.39, 0.29) is 5.54 Å². The maximum Gasteiger partial charge on any atom is 0.241 e. The van der Waals surface area contributed by atoms with Gasteiger partial charge in [-0.15, -0.1) is 0 Å². The summed E-state index contributed by atoms with van der Waals surface area (Å²) in [5, 5.41) is 0. The highest BCUT2D eigenvalue weighted by molar-refractivity contribution is 7.89. The molecule has 5 heteroatoms. The first-order valence-electron chi connectivity index (χ1n) is 5.73. The Balaban J connectivity index is 2.31. The standard InChI is InChI=1S/C12H18N2O2S/c1-9-8-10(13)4-5-11(9)17(15,16)14-12(2)6-3-7-12/h4-5,8,14H,3,6-7,13H2,1-2H3. The Bertz CT molecular complexity index is 533. The van der Waals surface area contributed by atoms with Gasteiger partial charge < -0.3 is 5.73 Å². The van der Waals surface area contributed by atoms with Crippen molar-refractivity contribution in [2.45, 2.75) is 43.5 Å². The van der Waals surface area contributed by atoms with Gasteiger partial charge in [-0.25, -0.2) is 13.1 Å².